The number of halogens is 1. The summed E-state index contributed by atoms with van der Waals surface area (Å²) in [7, 11) is 0. The van der Waals surface area contributed by atoms with Gasteiger partial charge in [0, 0.05) is 75.7 Å². The molecule has 0 spiro atoms. The zero-order valence-corrected chi connectivity index (χ0v) is 40.5. The zero-order valence-electron chi connectivity index (χ0n) is 39.7. The number of hydrogen-bond donors (Lipinski definition) is 5. The number of hydrogen-bond acceptors (Lipinski definition) is 16. The molecule has 3 fully saturated rings. The van der Waals surface area contributed by atoms with Gasteiger partial charge in [-0.25, -0.2) is 9.97 Å². The number of carbonyl (C=O) groups is 6. The van der Waals surface area contributed by atoms with E-state index in [1.54, 1.807) is 24.5 Å². The highest BCUT2D eigenvalue weighted by molar-refractivity contribution is 6.30. The smallest absolute Gasteiger partial charge is 0.264 e. The Morgan fingerprint density at radius 2 is 1.52 bits per heavy atom. The molecule has 2 aromatic heterocycles. The van der Waals surface area contributed by atoms with Crippen molar-refractivity contribution in [3.05, 3.63) is 82.8 Å². The Hall–Kier alpha value is -6.07. The van der Waals surface area contributed by atoms with Crippen molar-refractivity contribution in [1.29, 1.82) is 0 Å². The maximum atomic E-state index is 13.9. The van der Waals surface area contributed by atoms with Crippen molar-refractivity contribution in [2.45, 2.75) is 56.1 Å². The van der Waals surface area contributed by atoms with Gasteiger partial charge in [-0.05, 0) is 61.6 Å². The van der Waals surface area contributed by atoms with E-state index in [2.05, 4.69) is 40.7 Å². The molecule has 2 atom stereocenters. The van der Waals surface area contributed by atoms with Crippen LogP contribution in [0.1, 0.15) is 70.8 Å². The number of benzene rings is 2. The van der Waals surface area contributed by atoms with Crippen molar-refractivity contribution in [2.75, 3.05) is 115 Å². The second-order valence-electron chi connectivity index (χ2n) is 18.0. The Kier molecular flexibility index (Phi) is 17.6. The summed E-state index contributed by atoms with van der Waals surface area (Å²) in [6.07, 6.45) is 5.43. The molecule has 6 heterocycles. The molecule has 6 amide bonds. The number of anilines is 2. The van der Waals surface area contributed by atoms with E-state index in [4.69, 9.17) is 36.3 Å². The van der Waals surface area contributed by atoms with Gasteiger partial charge in [0.1, 0.15) is 23.8 Å². The average Bonchev–Trinajstić information content (AvgIpc) is 3.96. The van der Waals surface area contributed by atoms with E-state index in [-0.39, 0.29) is 48.2 Å². The van der Waals surface area contributed by atoms with Gasteiger partial charge >= 0.3 is 0 Å². The van der Waals surface area contributed by atoms with E-state index in [0.717, 1.165) is 46.9 Å². The number of aromatic amines is 1. The molecule has 6 N–H and O–H groups in total. The number of amides is 6. The lowest BCUT2D eigenvalue weighted by atomic mass is 9.87. The number of ether oxygens (including phenoxy) is 4. The summed E-state index contributed by atoms with van der Waals surface area (Å²) in [5.74, 6) is -1.50. The van der Waals surface area contributed by atoms with Gasteiger partial charge in [0.15, 0.2) is 0 Å². The first kappa shape index (κ1) is 51.3. The molecule has 71 heavy (non-hydrogen) atoms. The van der Waals surface area contributed by atoms with Crippen LogP contribution in [0.25, 0.3) is 11.0 Å². The van der Waals surface area contributed by atoms with Gasteiger partial charge in [-0.2, -0.15) is 0 Å². The molecule has 0 radical (unpaired) electrons. The van der Waals surface area contributed by atoms with Crippen LogP contribution in [-0.2, 0) is 38.1 Å². The summed E-state index contributed by atoms with van der Waals surface area (Å²) >= 11 is 6.23. The van der Waals surface area contributed by atoms with Crippen LogP contribution in [0.15, 0.2) is 61.1 Å². The third kappa shape index (κ3) is 12.9. The minimum Gasteiger partial charge on any atom is -0.382 e. The highest BCUT2D eigenvalue weighted by Gasteiger charge is 2.46. The van der Waals surface area contributed by atoms with E-state index >= 15 is 0 Å². The van der Waals surface area contributed by atoms with Gasteiger partial charge < -0.3 is 50.1 Å². The SMILES string of the molecule is NC1(C(=O)N[C@@H](CCN2CCN(C(=O)CCOCCOCCOCCOCCNc3cccc4c3C(=O)N(C3CCC(=O)NC3=O)C4=O)CC2)c2ccc(Cl)cc2)CCN(c2ncnc3[nH]ccc23)CC1. The molecule has 0 bridgehead atoms. The fourth-order valence-electron chi connectivity index (χ4n) is 9.31. The number of carbonyl (C=O) groups excluding carboxylic acids is 6. The Morgan fingerprint density at radius 1 is 0.831 bits per heavy atom. The minimum atomic E-state index is -1.03. The first-order valence-corrected chi connectivity index (χ1v) is 24.6. The predicted molar refractivity (Wildman–Crippen MR) is 262 cm³/mol. The normalized spacial score (nSPS) is 18.7. The van der Waals surface area contributed by atoms with E-state index in [0.29, 0.717) is 116 Å². The molecule has 4 aliphatic heterocycles. The fourth-order valence-corrected chi connectivity index (χ4v) is 9.43. The van der Waals surface area contributed by atoms with E-state index < -0.39 is 35.2 Å². The summed E-state index contributed by atoms with van der Waals surface area (Å²) in [4.78, 5) is 96.3. The van der Waals surface area contributed by atoms with Crippen LogP contribution in [0.2, 0.25) is 5.02 Å². The number of H-pyrrole nitrogens is 1. The van der Waals surface area contributed by atoms with Gasteiger partial charge in [0.25, 0.3) is 11.8 Å². The number of nitrogens with one attached hydrogen (secondary N) is 4. The highest BCUT2D eigenvalue weighted by atomic mass is 35.5. The van der Waals surface area contributed by atoms with Gasteiger partial charge in [0.2, 0.25) is 23.6 Å². The molecule has 21 nitrogen and oxygen atoms in total. The standard InChI is InChI=1S/C49H62ClN11O10/c50-34-6-4-33(5-7-34)37(56-48(67)49(51)13-18-60(19-14-49)44-36-10-15-53-43(36)54-32-55-44)11-17-58-20-22-59(23-21-58)41(63)12-24-68-26-28-70-30-31-71-29-27-69-25-16-52-38-3-1-2-35-42(38)47(66)61(46(35)65)39-8-9-40(62)57-45(39)64/h1-7,10,15,32,37,39,52H,8-9,11-14,16-31,51H2,(H,56,67)(H,53,54,55)(H,57,62,64)/t37-,39?/m0/s1. The van der Waals surface area contributed by atoms with E-state index in [1.165, 1.54) is 0 Å². The lowest BCUT2D eigenvalue weighted by Crippen LogP contribution is -2.60. The van der Waals surface area contributed by atoms with Crippen molar-refractivity contribution < 1.29 is 47.7 Å². The van der Waals surface area contributed by atoms with Crippen LogP contribution in [0.3, 0.4) is 0 Å². The van der Waals surface area contributed by atoms with Gasteiger partial charge in [-0.3, -0.25) is 43.9 Å². The topological polar surface area (TPSA) is 256 Å². The van der Waals surface area contributed by atoms with Crippen molar-refractivity contribution in [2.24, 2.45) is 5.73 Å². The van der Waals surface area contributed by atoms with Crippen molar-refractivity contribution in [3.8, 4) is 0 Å². The van der Waals surface area contributed by atoms with Crippen LogP contribution in [-0.4, -0.2) is 182 Å². The summed E-state index contributed by atoms with van der Waals surface area (Å²) in [5.41, 5.74) is 8.38. The molecule has 22 heteroatoms. The zero-order chi connectivity index (χ0) is 49.7. The minimum absolute atomic E-state index is 0.0494. The number of rotatable bonds is 24. The number of piperazine rings is 1. The molecule has 380 valence electrons. The molecule has 2 aromatic carbocycles. The van der Waals surface area contributed by atoms with Crippen molar-refractivity contribution >= 4 is 69.6 Å². The largest absolute Gasteiger partial charge is 0.382 e. The Labute approximate surface area is 416 Å². The number of nitrogens with two attached hydrogens (primary N) is 1. The Morgan fingerprint density at radius 3 is 2.23 bits per heavy atom. The molecule has 4 aliphatic rings. The number of piperidine rings is 2. The van der Waals surface area contributed by atoms with E-state index in [9.17, 15) is 28.8 Å². The van der Waals surface area contributed by atoms with Crippen LogP contribution in [0.5, 0.6) is 0 Å². The van der Waals surface area contributed by atoms with Crippen LogP contribution < -0.4 is 26.6 Å². The first-order chi connectivity index (χ1) is 34.5. The molecular weight excluding hydrogens is 938 g/mol. The number of aromatic nitrogens is 3. The van der Waals surface area contributed by atoms with Crippen molar-refractivity contribution in [1.82, 2.24) is 40.3 Å². The molecule has 3 saturated heterocycles. The third-order valence-electron chi connectivity index (χ3n) is 13.4. The van der Waals surface area contributed by atoms with Crippen molar-refractivity contribution in [3.63, 3.8) is 0 Å². The first-order valence-electron chi connectivity index (χ1n) is 24.3. The monoisotopic (exact) mass is 999 g/mol. The van der Waals surface area contributed by atoms with Crippen LogP contribution in [0, 0.1) is 0 Å². The lowest BCUT2D eigenvalue weighted by molar-refractivity contribution is -0.136. The lowest BCUT2D eigenvalue weighted by Gasteiger charge is -2.39. The summed E-state index contributed by atoms with van der Waals surface area (Å²) in [6, 6.07) is 13.1. The molecule has 8 rings (SSSR count). The molecular formula is C49H62ClN11O10. The number of nitrogens with zero attached hydrogens (tertiary/aromatic N) is 6. The van der Waals surface area contributed by atoms with Gasteiger partial charge in [-0.1, -0.05) is 29.8 Å². The maximum Gasteiger partial charge on any atom is 0.264 e. The molecule has 0 saturated carbocycles. The second kappa shape index (κ2) is 24.4. The van der Waals surface area contributed by atoms with Gasteiger partial charge in [-0.15, -0.1) is 0 Å². The Bertz CT molecular complexity index is 2510. The maximum absolute atomic E-state index is 13.9. The third-order valence-corrected chi connectivity index (χ3v) is 13.6. The average molecular weight is 1000 g/mol. The van der Waals surface area contributed by atoms with Gasteiger partial charge in [0.05, 0.1) is 87.4 Å². The van der Waals surface area contributed by atoms with Crippen LogP contribution >= 0.6 is 11.6 Å². The quantitative estimate of drug-likeness (QED) is 0.0499. The van der Waals surface area contributed by atoms with Crippen LogP contribution in [0.4, 0.5) is 11.5 Å². The van der Waals surface area contributed by atoms with E-state index in [1.807, 2.05) is 41.4 Å². The number of fused-ring (bicyclic) bond motifs is 2. The molecule has 4 aromatic rings. The summed E-state index contributed by atoms with van der Waals surface area (Å²) in [5, 5.41) is 10.2. The molecule has 0 aliphatic carbocycles. The summed E-state index contributed by atoms with van der Waals surface area (Å²) in [6.45, 7) is 7.71. The fraction of sp³-hybridized carbons (Fsp3) is 0.510. The molecule has 1 unspecified atom stereocenters. The Balaban J connectivity index is 0.645. The second-order valence-corrected chi connectivity index (χ2v) is 18.4. The highest BCUT2D eigenvalue weighted by Crippen LogP contribution is 2.33. The number of imide groups is 2. The predicted octanol–water partition coefficient (Wildman–Crippen LogP) is 2.27. The summed E-state index contributed by atoms with van der Waals surface area (Å²) < 4.78 is 22.5.